The van der Waals surface area contributed by atoms with Crippen LogP contribution in [0.5, 0.6) is 0 Å². The molecule has 6 heteroatoms. The molecule has 0 saturated carbocycles. The first-order chi connectivity index (χ1) is 12.6. The minimum atomic E-state index is -0.617. The number of cyclic esters (lactones) is 1. The van der Waals surface area contributed by atoms with E-state index in [9.17, 15) is 14.9 Å². The number of carbonyl (C=O) groups excluding carboxylic acids is 1. The largest absolute Gasteiger partial charge is 0.402 e. The van der Waals surface area contributed by atoms with Crippen LogP contribution in [-0.4, -0.2) is 16.8 Å². The fourth-order valence-corrected chi connectivity index (χ4v) is 2.65. The Morgan fingerprint density at radius 2 is 1.88 bits per heavy atom. The van der Waals surface area contributed by atoms with E-state index in [0.717, 1.165) is 19.3 Å². The number of nitro groups is 1. The molecule has 0 N–H and O–H groups in total. The second-order valence-electron chi connectivity index (χ2n) is 5.95. The summed E-state index contributed by atoms with van der Waals surface area (Å²) in [4.78, 5) is 26.9. The Bertz CT molecular complexity index is 898. The molecule has 26 heavy (non-hydrogen) atoms. The van der Waals surface area contributed by atoms with Crippen molar-refractivity contribution in [2.75, 3.05) is 0 Å². The monoisotopic (exact) mass is 350 g/mol. The Morgan fingerprint density at radius 1 is 1.15 bits per heavy atom. The number of hydrogen-bond acceptors (Lipinski definition) is 5. The second-order valence-corrected chi connectivity index (χ2v) is 5.95. The molecule has 0 fully saturated rings. The van der Waals surface area contributed by atoms with Crippen LogP contribution >= 0.6 is 0 Å². The standard InChI is InChI=1S/C20H18N2O4/c1-2-3-6-14-9-11-15(12-10-14)19-21-17(20(23)26-19)13-16-7-4-5-8-18(16)22(24)25/h4-5,7-13H,2-3,6H2,1H3/b17-13+. The number of ether oxygens (including phenoxy) is 1. The smallest absolute Gasteiger partial charge is 0.363 e. The van der Waals surface area contributed by atoms with E-state index in [-0.39, 0.29) is 17.3 Å². The van der Waals surface area contributed by atoms with Gasteiger partial charge >= 0.3 is 5.97 Å². The minimum absolute atomic E-state index is 0.0457. The molecule has 0 amide bonds. The van der Waals surface area contributed by atoms with Crippen molar-refractivity contribution in [1.82, 2.24) is 0 Å². The fraction of sp³-hybridized carbons (Fsp3) is 0.200. The molecular formula is C20H18N2O4. The second kappa shape index (κ2) is 7.74. The van der Waals surface area contributed by atoms with Crippen molar-refractivity contribution < 1.29 is 14.5 Å². The summed E-state index contributed by atoms with van der Waals surface area (Å²) in [5.74, 6) is -0.407. The maximum absolute atomic E-state index is 12.1. The van der Waals surface area contributed by atoms with Gasteiger partial charge in [-0.2, -0.15) is 0 Å². The maximum atomic E-state index is 12.1. The van der Waals surface area contributed by atoms with Gasteiger partial charge in [-0.05, 0) is 42.7 Å². The highest BCUT2D eigenvalue weighted by molar-refractivity contribution is 6.13. The quantitative estimate of drug-likeness (QED) is 0.337. The zero-order valence-corrected chi connectivity index (χ0v) is 14.3. The molecule has 0 saturated heterocycles. The molecule has 6 nitrogen and oxygen atoms in total. The summed E-state index contributed by atoms with van der Waals surface area (Å²) in [6.07, 6.45) is 4.64. The lowest BCUT2D eigenvalue weighted by atomic mass is 10.1. The highest BCUT2D eigenvalue weighted by Crippen LogP contribution is 2.24. The zero-order chi connectivity index (χ0) is 18.5. The zero-order valence-electron chi connectivity index (χ0n) is 14.3. The molecule has 0 aliphatic carbocycles. The average molecular weight is 350 g/mol. The van der Waals surface area contributed by atoms with Gasteiger partial charge < -0.3 is 4.74 Å². The summed E-state index contributed by atoms with van der Waals surface area (Å²) in [5.41, 5.74) is 2.19. The lowest BCUT2D eigenvalue weighted by molar-refractivity contribution is -0.385. The molecule has 0 aromatic heterocycles. The predicted molar refractivity (Wildman–Crippen MR) is 98.8 cm³/mol. The predicted octanol–water partition coefficient (Wildman–Crippen LogP) is 4.28. The van der Waals surface area contributed by atoms with Crippen LogP contribution in [0, 0.1) is 10.1 Å². The van der Waals surface area contributed by atoms with E-state index in [1.807, 2.05) is 24.3 Å². The fourth-order valence-electron chi connectivity index (χ4n) is 2.65. The molecule has 0 radical (unpaired) electrons. The number of unbranched alkanes of at least 4 members (excludes halogenated alkanes) is 1. The van der Waals surface area contributed by atoms with Gasteiger partial charge in [-0.1, -0.05) is 37.6 Å². The van der Waals surface area contributed by atoms with E-state index in [4.69, 9.17) is 4.74 Å². The molecule has 1 aliphatic heterocycles. The van der Waals surface area contributed by atoms with E-state index in [2.05, 4.69) is 11.9 Å². The normalized spacial score (nSPS) is 15.0. The number of rotatable bonds is 6. The van der Waals surface area contributed by atoms with Crippen molar-refractivity contribution in [3.63, 3.8) is 0 Å². The number of hydrogen-bond donors (Lipinski definition) is 0. The topological polar surface area (TPSA) is 81.8 Å². The average Bonchev–Trinajstić information content (AvgIpc) is 3.01. The Balaban J connectivity index is 1.86. The minimum Gasteiger partial charge on any atom is -0.402 e. The van der Waals surface area contributed by atoms with E-state index >= 15 is 0 Å². The third-order valence-electron chi connectivity index (χ3n) is 4.07. The van der Waals surface area contributed by atoms with Gasteiger partial charge in [-0.25, -0.2) is 9.79 Å². The highest BCUT2D eigenvalue weighted by atomic mass is 16.6. The Morgan fingerprint density at radius 3 is 2.58 bits per heavy atom. The van der Waals surface area contributed by atoms with Gasteiger partial charge in [0.25, 0.3) is 5.69 Å². The van der Waals surface area contributed by atoms with Gasteiger partial charge in [0.15, 0.2) is 5.70 Å². The first-order valence-electron chi connectivity index (χ1n) is 8.44. The van der Waals surface area contributed by atoms with E-state index in [1.165, 1.54) is 17.7 Å². The number of nitro benzene ring substituents is 1. The molecule has 2 aromatic carbocycles. The summed E-state index contributed by atoms with van der Waals surface area (Å²) < 4.78 is 5.23. The molecule has 1 heterocycles. The van der Waals surface area contributed by atoms with Gasteiger partial charge in [0.1, 0.15) is 0 Å². The first kappa shape index (κ1) is 17.5. The third kappa shape index (κ3) is 3.85. The molecule has 0 atom stereocenters. The van der Waals surface area contributed by atoms with Crippen LogP contribution in [0.4, 0.5) is 5.69 Å². The SMILES string of the molecule is CCCCc1ccc(C2=N/C(=C/c3ccccc3[N+](=O)[O-])C(=O)O2)cc1. The summed E-state index contributed by atoms with van der Waals surface area (Å²) in [6, 6.07) is 13.9. The maximum Gasteiger partial charge on any atom is 0.363 e. The van der Waals surface area contributed by atoms with Crippen molar-refractivity contribution in [2.24, 2.45) is 4.99 Å². The number of aliphatic imine (C=N–C) groups is 1. The number of nitrogens with zero attached hydrogens (tertiary/aromatic N) is 2. The highest BCUT2D eigenvalue weighted by Gasteiger charge is 2.25. The van der Waals surface area contributed by atoms with Gasteiger partial charge in [-0.15, -0.1) is 0 Å². The lowest BCUT2D eigenvalue weighted by Crippen LogP contribution is -2.05. The number of para-hydroxylation sites is 1. The van der Waals surface area contributed by atoms with Crippen molar-refractivity contribution in [2.45, 2.75) is 26.2 Å². The first-order valence-corrected chi connectivity index (χ1v) is 8.44. The van der Waals surface area contributed by atoms with Crippen LogP contribution in [-0.2, 0) is 16.0 Å². The van der Waals surface area contributed by atoms with Gasteiger partial charge in [0, 0.05) is 11.6 Å². The van der Waals surface area contributed by atoms with Crippen LogP contribution in [0.15, 0.2) is 59.2 Å². The van der Waals surface area contributed by atoms with E-state index in [1.54, 1.807) is 18.2 Å². The molecule has 1 aliphatic rings. The lowest BCUT2D eigenvalue weighted by Gasteiger charge is -2.02. The van der Waals surface area contributed by atoms with Crippen molar-refractivity contribution in [3.05, 3.63) is 81.0 Å². The van der Waals surface area contributed by atoms with Crippen LogP contribution in [0.25, 0.3) is 6.08 Å². The van der Waals surface area contributed by atoms with Crippen LogP contribution in [0.3, 0.4) is 0 Å². The molecule has 0 bridgehead atoms. The Kier molecular flexibility index (Phi) is 5.22. The van der Waals surface area contributed by atoms with Crippen LogP contribution in [0.1, 0.15) is 36.5 Å². The van der Waals surface area contributed by atoms with Gasteiger partial charge in [-0.3, -0.25) is 10.1 Å². The number of benzene rings is 2. The van der Waals surface area contributed by atoms with Crippen LogP contribution in [0.2, 0.25) is 0 Å². The summed E-state index contributed by atoms with van der Waals surface area (Å²) in [7, 11) is 0. The summed E-state index contributed by atoms with van der Waals surface area (Å²) in [5, 5.41) is 11.1. The molecule has 132 valence electrons. The molecule has 3 rings (SSSR count). The molecule has 0 unspecified atom stereocenters. The molecule has 0 spiro atoms. The van der Waals surface area contributed by atoms with E-state index in [0.29, 0.717) is 11.1 Å². The van der Waals surface area contributed by atoms with Gasteiger partial charge in [0.2, 0.25) is 5.90 Å². The number of aryl methyl sites for hydroxylation is 1. The van der Waals surface area contributed by atoms with E-state index < -0.39 is 10.9 Å². The summed E-state index contributed by atoms with van der Waals surface area (Å²) >= 11 is 0. The van der Waals surface area contributed by atoms with Gasteiger partial charge in [0.05, 0.1) is 10.5 Å². The molecular weight excluding hydrogens is 332 g/mol. The number of esters is 1. The van der Waals surface area contributed by atoms with Crippen molar-refractivity contribution in [3.8, 4) is 0 Å². The van der Waals surface area contributed by atoms with Crippen molar-refractivity contribution in [1.29, 1.82) is 0 Å². The summed E-state index contributed by atoms with van der Waals surface area (Å²) in [6.45, 7) is 2.14. The Labute approximate surface area is 151 Å². The van der Waals surface area contributed by atoms with Crippen LogP contribution < -0.4 is 0 Å². The third-order valence-corrected chi connectivity index (χ3v) is 4.07. The number of carbonyl (C=O) groups is 1. The molecule has 2 aromatic rings. The Hall–Kier alpha value is -3.28. The van der Waals surface area contributed by atoms with Crippen molar-refractivity contribution >= 4 is 23.6 Å².